The molecule has 0 spiro atoms. The zero-order valence-corrected chi connectivity index (χ0v) is 10.7. The van der Waals surface area contributed by atoms with Gasteiger partial charge in [0.15, 0.2) is 0 Å². The van der Waals surface area contributed by atoms with Crippen molar-refractivity contribution in [2.75, 3.05) is 11.9 Å². The largest absolute Gasteiger partial charge is 0.370 e. The predicted octanol–water partition coefficient (Wildman–Crippen LogP) is 3.37. The van der Waals surface area contributed by atoms with Gasteiger partial charge in [-0.3, -0.25) is 10.1 Å². The Morgan fingerprint density at radius 2 is 2.11 bits per heavy atom. The van der Waals surface area contributed by atoms with Gasteiger partial charge in [-0.2, -0.15) is 0 Å². The second-order valence-electron chi connectivity index (χ2n) is 5.38. The van der Waals surface area contributed by atoms with Crippen molar-refractivity contribution in [1.29, 1.82) is 0 Å². The molecule has 1 aliphatic rings. The van der Waals surface area contributed by atoms with E-state index in [1.54, 1.807) is 6.07 Å². The first kappa shape index (κ1) is 12.8. The summed E-state index contributed by atoms with van der Waals surface area (Å²) in [4.78, 5) is 14.1. The Kier molecular flexibility index (Phi) is 3.79. The maximum absolute atomic E-state index is 10.5. The van der Waals surface area contributed by atoms with Crippen LogP contribution in [0.3, 0.4) is 0 Å². The van der Waals surface area contributed by atoms with E-state index in [-0.39, 0.29) is 5.69 Å². The monoisotopic (exact) mass is 249 g/mol. The number of hydrogen-bond donors (Lipinski definition) is 1. The third-order valence-corrected chi connectivity index (χ3v) is 3.72. The molecule has 0 aromatic carbocycles. The Morgan fingerprint density at radius 1 is 1.39 bits per heavy atom. The van der Waals surface area contributed by atoms with Crippen molar-refractivity contribution in [3.8, 4) is 0 Å². The summed E-state index contributed by atoms with van der Waals surface area (Å²) < 4.78 is 0. The van der Waals surface area contributed by atoms with E-state index in [9.17, 15) is 10.1 Å². The molecular formula is C13H19N3O2. The molecule has 1 saturated carbocycles. The topological polar surface area (TPSA) is 68.1 Å². The van der Waals surface area contributed by atoms with Crippen LogP contribution in [0.4, 0.5) is 11.5 Å². The van der Waals surface area contributed by atoms with Gasteiger partial charge >= 0.3 is 0 Å². The highest BCUT2D eigenvalue weighted by atomic mass is 16.6. The van der Waals surface area contributed by atoms with E-state index in [2.05, 4.69) is 17.2 Å². The first-order valence-corrected chi connectivity index (χ1v) is 6.43. The summed E-state index contributed by atoms with van der Waals surface area (Å²) in [5.74, 6) is 0.715. The Balaban J connectivity index is 1.91. The molecule has 0 radical (unpaired) electrons. The first-order chi connectivity index (χ1) is 8.59. The third-order valence-electron chi connectivity index (χ3n) is 3.72. The van der Waals surface area contributed by atoms with Crippen molar-refractivity contribution >= 4 is 11.5 Å². The highest BCUT2D eigenvalue weighted by Gasteiger charge is 2.26. The number of anilines is 1. The maximum atomic E-state index is 10.5. The molecule has 0 atom stereocenters. The summed E-state index contributed by atoms with van der Waals surface area (Å²) >= 11 is 0. The second kappa shape index (κ2) is 5.33. The molecule has 2 rings (SSSR count). The molecule has 18 heavy (non-hydrogen) atoms. The highest BCUT2D eigenvalue weighted by molar-refractivity contribution is 5.40. The van der Waals surface area contributed by atoms with E-state index in [0.717, 1.165) is 6.54 Å². The van der Waals surface area contributed by atoms with Gasteiger partial charge in [0, 0.05) is 12.6 Å². The van der Waals surface area contributed by atoms with Gasteiger partial charge in [-0.25, -0.2) is 4.98 Å². The van der Waals surface area contributed by atoms with E-state index >= 15 is 0 Å². The smallest absolute Gasteiger partial charge is 0.287 e. The predicted molar refractivity (Wildman–Crippen MR) is 70.6 cm³/mol. The number of rotatable bonds is 4. The van der Waals surface area contributed by atoms with E-state index in [1.165, 1.54) is 44.4 Å². The summed E-state index contributed by atoms with van der Waals surface area (Å²) in [6, 6.07) is 3.16. The van der Waals surface area contributed by atoms with Crippen molar-refractivity contribution in [3.63, 3.8) is 0 Å². The minimum absolute atomic E-state index is 0.0319. The lowest BCUT2D eigenvalue weighted by atomic mass is 9.76. The van der Waals surface area contributed by atoms with Crippen LogP contribution in [0.2, 0.25) is 0 Å². The number of pyridine rings is 1. The molecule has 0 saturated heterocycles. The van der Waals surface area contributed by atoms with Crippen LogP contribution in [0.25, 0.3) is 0 Å². The summed E-state index contributed by atoms with van der Waals surface area (Å²) in [6.45, 7) is 3.18. The number of nitrogens with one attached hydrogen (secondary N) is 1. The van der Waals surface area contributed by atoms with E-state index < -0.39 is 4.92 Å². The molecule has 1 heterocycles. The molecule has 1 aromatic heterocycles. The minimum atomic E-state index is -0.431. The van der Waals surface area contributed by atoms with Crippen LogP contribution in [-0.2, 0) is 0 Å². The molecule has 5 nitrogen and oxygen atoms in total. The summed E-state index contributed by atoms with van der Waals surface area (Å²) in [5, 5.41) is 13.8. The lowest BCUT2D eigenvalue weighted by Crippen LogP contribution is -2.29. The lowest BCUT2D eigenvalue weighted by molar-refractivity contribution is -0.385. The van der Waals surface area contributed by atoms with Gasteiger partial charge in [-0.15, -0.1) is 0 Å². The van der Waals surface area contributed by atoms with Gasteiger partial charge in [0.05, 0.1) is 4.92 Å². The molecule has 98 valence electrons. The fourth-order valence-corrected chi connectivity index (χ4v) is 2.48. The van der Waals surface area contributed by atoms with Crippen LogP contribution in [0, 0.1) is 15.5 Å². The van der Waals surface area contributed by atoms with Crippen LogP contribution in [0.15, 0.2) is 18.3 Å². The van der Waals surface area contributed by atoms with E-state index in [4.69, 9.17) is 0 Å². The van der Waals surface area contributed by atoms with Crippen LogP contribution >= 0.6 is 0 Å². The van der Waals surface area contributed by atoms with Gasteiger partial charge in [-0.05, 0) is 24.3 Å². The molecule has 5 heteroatoms. The molecular weight excluding hydrogens is 230 g/mol. The maximum Gasteiger partial charge on any atom is 0.287 e. The molecule has 1 aromatic rings. The average molecular weight is 249 g/mol. The molecule has 0 aliphatic heterocycles. The lowest BCUT2D eigenvalue weighted by Gasteiger charge is -2.33. The van der Waals surface area contributed by atoms with Crippen LogP contribution in [0.1, 0.15) is 39.0 Å². The molecule has 0 bridgehead atoms. The minimum Gasteiger partial charge on any atom is -0.370 e. The molecule has 0 amide bonds. The Morgan fingerprint density at radius 3 is 2.67 bits per heavy atom. The van der Waals surface area contributed by atoms with Gasteiger partial charge in [0.25, 0.3) is 5.69 Å². The van der Waals surface area contributed by atoms with Crippen molar-refractivity contribution < 1.29 is 4.92 Å². The van der Waals surface area contributed by atoms with E-state index in [0.29, 0.717) is 11.2 Å². The molecule has 1 fully saturated rings. The van der Waals surface area contributed by atoms with Gasteiger partial charge in [0.1, 0.15) is 12.0 Å². The molecule has 0 unspecified atom stereocenters. The normalized spacial score (nSPS) is 18.3. The van der Waals surface area contributed by atoms with Crippen molar-refractivity contribution in [3.05, 3.63) is 28.4 Å². The Hall–Kier alpha value is -1.65. The highest BCUT2D eigenvalue weighted by Crippen LogP contribution is 2.35. The fourth-order valence-electron chi connectivity index (χ4n) is 2.48. The van der Waals surface area contributed by atoms with Crippen LogP contribution in [-0.4, -0.2) is 16.5 Å². The number of nitro groups is 1. The van der Waals surface area contributed by atoms with Gasteiger partial charge < -0.3 is 5.32 Å². The number of aromatic nitrogens is 1. The summed E-state index contributed by atoms with van der Waals surface area (Å²) in [6.07, 6.45) is 7.72. The summed E-state index contributed by atoms with van der Waals surface area (Å²) in [7, 11) is 0. The first-order valence-electron chi connectivity index (χ1n) is 6.43. The fraction of sp³-hybridized carbons (Fsp3) is 0.615. The quantitative estimate of drug-likeness (QED) is 0.656. The Labute approximate surface area is 107 Å². The number of nitrogens with zero attached hydrogens (tertiary/aromatic N) is 2. The molecule has 1 aliphatic carbocycles. The Bertz CT molecular complexity index is 411. The second-order valence-corrected chi connectivity index (χ2v) is 5.38. The SMILES string of the molecule is CC1(CNc2ccc([N+](=O)[O-])cn2)CCCCC1. The van der Waals surface area contributed by atoms with Gasteiger partial charge in [0.2, 0.25) is 0 Å². The van der Waals surface area contributed by atoms with Crippen molar-refractivity contribution in [2.45, 2.75) is 39.0 Å². The van der Waals surface area contributed by atoms with Crippen molar-refractivity contribution in [1.82, 2.24) is 4.98 Å². The zero-order valence-electron chi connectivity index (χ0n) is 10.7. The average Bonchev–Trinajstić information content (AvgIpc) is 2.38. The van der Waals surface area contributed by atoms with Gasteiger partial charge in [-0.1, -0.05) is 26.2 Å². The zero-order chi connectivity index (χ0) is 13.0. The number of hydrogen-bond acceptors (Lipinski definition) is 4. The van der Waals surface area contributed by atoms with Crippen LogP contribution in [0.5, 0.6) is 0 Å². The third kappa shape index (κ3) is 3.18. The standard InChI is InChI=1S/C13H19N3O2/c1-13(7-3-2-4-8-13)10-15-12-6-5-11(9-14-12)16(17)18/h5-6,9H,2-4,7-8,10H2,1H3,(H,14,15). The molecule has 1 N–H and O–H groups in total. The summed E-state index contributed by atoms with van der Waals surface area (Å²) in [5.41, 5.74) is 0.367. The van der Waals surface area contributed by atoms with E-state index in [1.807, 2.05) is 0 Å². The van der Waals surface area contributed by atoms with Crippen LogP contribution < -0.4 is 5.32 Å². The van der Waals surface area contributed by atoms with Crippen molar-refractivity contribution in [2.24, 2.45) is 5.41 Å².